The number of hydrogen-bond acceptors (Lipinski definition) is 3. The second-order valence-electron chi connectivity index (χ2n) is 8.10. The summed E-state index contributed by atoms with van der Waals surface area (Å²) < 4.78 is 0. The van der Waals surface area contributed by atoms with E-state index in [-0.39, 0.29) is 18.4 Å². The Morgan fingerprint density at radius 3 is 2.58 bits per heavy atom. The highest BCUT2D eigenvalue weighted by molar-refractivity contribution is 8.04. The fraction of sp³-hybridized carbons (Fsp3) is 0.385. The lowest BCUT2D eigenvalue weighted by Gasteiger charge is -2.30. The van der Waals surface area contributed by atoms with Crippen molar-refractivity contribution in [1.29, 1.82) is 0 Å². The zero-order valence-corrected chi connectivity index (χ0v) is 19.5. The fourth-order valence-electron chi connectivity index (χ4n) is 3.63. The summed E-state index contributed by atoms with van der Waals surface area (Å²) in [6.45, 7) is 7.09. The Balaban J connectivity index is 1.75. The zero-order chi connectivity index (χ0) is 22.2. The molecule has 1 aliphatic heterocycles. The Hall–Kier alpha value is -2.53. The minimum atomic E-state index is -0.127. The molecular formula is C26H32N2O2S. The number of nitrogens with zero attached hydrogens (tertiary/aromatic N) is 1. The number of anilines is 1. The van der Waals surface area contributed by atoms with Crippen LogP contribution in [0.15, 0.2) is 58.3 Å². The average molecular weight is 437 g/mol. The smallest absolute Gasteiger partial charge is 0.265 e. The van der Waals surface area contributed by atoms with Gasteiger partial charge in [0.15, 0.2) is 0 Å². The number of para-hydroxylation sites is 1. The first kappa shape index (κ1) is 23.1. The van der Waals surface area contributed by atoms with E-state index in [1.54, 1.807) is 4.90 Å². The van der Waals surface area contributed by atoms with Crippen molar-refractivity contribution in [3.63, 3.8) is 0 Å². The van der Waals surface area contributed by atoms with Gasteiger partial charge in [0, 0.05) is 11.4 Å². The molecule has 1 heterocycles. The van der Waals surface area contributed by atoms with Crippen LogP contribution in [-0.4, -0.2) is 24.9 Å². The van der Waals surface area contributed by atoms with Gasteiger partial charge in [0.25, 0.3) is 5.91 Å². The van der Waals surface area contributed by atoms with E-state index in [9.17, 15) is 9.59 Å². The molecule has 0 radical (unpaired) electrons. The first-order chi connectivity index (χ1) is 15.0. The van der Waals surface area contributed by atoms with E-state index in [1.807, 2.05) is 61.5 Å². The minimum Gasteiger partial charge on any atom is -0.354 e. The van der Waals surface area contributed by atoms with Crippen molar-refractivity contribution in [2.24, 2.45) is 5.92 Å². The van der Waals surface area contributed by atoms with Gasteiger partial charge in [-0.05, 0) is 43.0 Å². The van der Waals surface area contributed by atoms with Gasteiger partial charge in [-0.3, -0.25) is 14.5 Å². The van der Waals surface area contributed by atoms with Crippen molar-refractivity contribution < 1.29 is 9.59 Å². The third-order valence-electron chi connectivity index (χ3n) is 5.64. The van der Waals surface area contributed by atoms with Crippen molar-refractivity contribution in [3.8, 4) is 0 Å². The molecule has 0 saturated heterocycles. The lowest BCUT2D eigenvalue weighted by Crippen LogP contribution is -2.43. The quantitative estimate of drug-likeness (QED) is 0.505. The third-order valence-corrected chi connectivity index (χ3v) is 6.72. The molecule has 164 valence electrons. The van der Waals surface area contributed by atoms with Crippen molar-refractivity contribution >= 4 is 35.3 Å². The lowest BCUT2D eigenvalue weighted by atomic mass is 9.99. The summed E-state index contributed by atoms with van der Waals surface area (Å²) in [5, 5.41) is 3.05. The Morgan fingerprint density at radius 1 is 1.13 bits per heavy atom. The number of amides is 2. The van der Waals surface area contributed by atoms with Crippen LogP contribution in [0.2, 0.25) is 0 Å². The van der Waals surface area contributed by atoms with Gasteiger partial charge in [-0.15, -0.1) is 0 Å². The number of rotatable bonds is 9. The number of fused-ring (bicyclic) bond motifs is 1. The fourth-order valence-corrected chi connectivity index (χ4v) is 4.69. The summed E-state index contributed by atoms with van der Waals surface area (Å²) in [6.07, 6.45) is 6.42. The van der Waals surface area contributed by atoms with E-state index < -0.39 is 0 Å². The maximum atomic E-state index is 13.3. The molecule has 2 aromatic carbocycles. The topological polar surface area (TPSA) is 49.4 Å². The van der Waals surface area contributed by atoms with Gasteiger partial charge < -0.3 is 5.32 Å². The number of hydrogen-bond donors (Lipinski definition) is 1. The van der Waals surface area contributed by atoms with Crippen LogP contribution in [0, 0.1) is 12.8 Å². The number of carbonyl (C=O) groups excluding carboxylic acids is 2. The van der Waals surface area contributed by atoms with E-state index in [1.165, 1.54) is 23.7 Å². The Kier molecular flexibility index (Phi) is 8.35. The summed E-state index contributed by atoms with van der Waals surface area (Å²) in [7, 11) is 0. The van der Waals surface area contributed by atoms with Crippen molar-refractivity contribution in [2.45, 2.75) is 51.3 Å². The molecule has 4 nitrogen and oxygen atoms in total. The molecule has 0 fully saturated rings. The largest absolute Gasteiger partial charge is 0.354 e. The van der Waals surface area contributed by atoms with Crippen LogP contribution in [0.3, 0.4) is 0 Å². The summed E-state index contributed by atoms with van der Waals surface area (Å²) >= 11 is 1.46. The number of unbranched alkanes of at least 4 members (excludes halogenated alkanes) is 1. The zero-order valence-electron chi connectivity index (χ0n) is 18.7. The molecule has 0 bridgehead atoms. The number of carbonyl (C=O) groups is 2. The summed E-state index contributed by atoms with van der Waals surface area (Å²) in [6, 6.07) is 15.9. The molecule has 0 aromatic heterocycles. The van der Waals surface area contributed by atoms with Crippen LogP contribution in [0.4, 0.5) is 5.69 Å². The van der Waals surface area contributed by atoms with Gasteiger partial charge >= 0.3 is 0 Å². The molecule has 1 N–H and O–H groups in total. The molecule has 1 atom stereocenters. The molecule has 0 aliphatic carbocycles. The molecule has 0 spiro atoms. The van der Waals surface area contributed by atoms with Gasteiger partial charge in [0.2, 0.25) is 5.91 Å². The molecule has 0 unspecified atom stereocenters. The summed E-state index contributed by atoms with van der Waals surface area (Å²) in [5.74, 6) is 0.248. The standard InChI is InChI=1S/C26H32N2O2S/c1-4-6-9-20(5-2)17-27-25(29)18-28-22-10-7-8-11-23(22)31-24(26(28)30)16-21-14-12-19(3)13-15-21/h7-8,10-16,20H,4-6,9,17-18H2,1-3H3,(H,27,29)/b24-16-/t20-/m1/s1. The van der Waals surface area contributed by atoms with E-state index in [0.29, 0.717) is 17.4 Å². The second kappa shape index (κ2) is 11.2. The van der Waals surface area contributed by atoms with Crippen molar-refractivity contribution in [1.82, 2.24) is 5.32 Å². The summed E-state index contributed by atoms with van der Waals surface area (Å²) in [5.41, 5.74) is 2.96. The van der Waals surface area contributed by atoms with Crippen LogP contribution >= 0.6 is 11.8 Å². The van der Waals surface area contributed by atoms with Crippen LogP contribution < -0.4 is 10.2 Å². The highest BCUT2D eigenvalue weighted by Gasteiger charge is 2.30. The SMILES string of the molecule is CCCC[C@@H](CC)CNC(=O)CN1C(=O)/C(=C/c2ccc(C)cc2)Sc2ccccc21. The highest BCUT2D eigenvalue weighted by atomic mass is 32.2. The Morgan fingerprint density at radius 2 is 1.87 bits per heavy atom. The number of aryl methyl sites for hydroxylation is 1. The predicted octanol–water partition coefficient (Wildman–Crippen LogP) is 5.81. The van der Waals surface area contributed by atoms with E-state index in [4.69, 9.17) is 0 Å². The van der Waals surface area contributed by atoms with Gasteiger partial charge in [-0.1, -0.05) is 86.8 Å². The molecular weight excluding hydrogens is 404 g/mol. The van der Waals surface area contributed by atoms with Gasteiger partial charge in [0.1, 0.15) is 6.54 Å². The minimum absolute atomic E-state index is 0.0336. The van der Waals surface area contributed by atoms with Crippen LogP contribution in [0.1, 0.15) is 50.7 Å². The van der Waals surface area contributed by atoms with E-state index >= 15 is 0 Å². The Bertz CT molecular complexity index is 937. The molecule has 5 heteroatoms. The Labute approximate surface area is 190 Å². The van der Waals surface area contributed by atoms with Gasteiger partial charge in [-0.2, -0.15) is 0 Å². The number of thioether (sulfide) groups is 1. The van der Waals surface area contributed by atoms with Crippen molar-refractivity contribution in [2.75, 3.05) is 18.0 Å². The maximum absolute atomic E-state index is 13.3. The summed E-state index contributed by atoms with van der Waals surface area (Å²) in [4.78, 5) is 29.2. The first-order valence-corrected chi connectivity index (χ1v) is 12.0. The van der Waals surface area contributed by atoms with E-state index in [2.05, 4.69) is 19.2 Å². The highest BCUT2D eigenvalue weighted by Crippen LogP contribution is 2.41. The molecule has 31 heavy (non-hydrogen) atoms. The first-order valence-electron chi connectivity index (χ1n) is 11.2. The van der Waals surface area contributed by atoms with Crippen LogP contribution in [0.25, 0.3) is 6.08 Å². The molecule has 2 aromatic rings. The monoisotopic (exact) mass is 436 g/mol. The number of nitrogens with one attached hydrogen (secondary N) is 1. The molecule has 2 amide bonds. The average Bonchev–Trinajstić information content (AvgIpc) is 2.78. The molecule has 0 saturated carbocycles. The normalized spacial score (nSPS) is 15.6. The van der Waals surface area contributed by atoms with Gasteiger partial charge in [-0.25, -0.2) is 0 Å². The second-order valence-corrected chi connectivity index (χ2v) is 9.18. The molecule has 1 aliphatic rings. The van der Waals surface area contributed by atoms with E-state index in [0.717, 1.165) is 35.4 Å². The predicted molar refractivity (Wildman–Crippen MR) is 130 cm³/mol. The molecule has 3 rings (SSSR count). The number of benzene rings is 2. The third kappa shape index (κ3) is 6.23. The lowest BCUT2D eigenvalue weighted by molar-refractivity contribution is -0.122. The maximum Gasteiger partial charge on any atom is 0.265 e. The van der Waals surface area contributed by atoms with Crippen molar-refractivity contribution in [3.05, 3.63) is 64.6 Å². The van der Waals surface area contributed by atoms with Crippen LogP contribution in [0.5, 0.6) is 0 Å². The van der Waals surface area contributed by atoms with Gasteiger partial charge in [0.05, 0.1) is 10.6 Å². The van der Waals surface area contributed by atoms with Crippen LogP contribution in [-0.2, 0) is 9.59 Å².